The van der Waals surface area contributed by atoms with E-state index >= 15 is 0 Å². The van der Waals surface area contributed by atoms with E-state index in [9.17, 15) is 15.0 Å². The Morgan fingerprint density at radius 1 is 1.13 bits per heavy atom. The Morgan fingerprint density at radius 2 is 1.87 bits per heavy atom. The molecule has 0 aromatic heterocycles. The second-order valence-corrected chi connectivity index (χ2v) is 10.2. The Bertz CT molecular complexity index is 541. The quantitative estimate of drug-likeness (QED) is 0.779. The van der Waals surface area contributed by atoms with Crippen molar-refractivity contribution in [3.05, 3.63) is 0 Å². The van der Waals surface area contributed by atoms with Crippen LogP contribution in [0.4, 0.5) is 0 Å². The zero-order chi connectivity index (χ0) is 16.7. The van der Waals surface area contributed by atoms with Crippen molar-refractivity contribution < 1.29 is 15.0 Å². The van der Waals surface area contributed by atoms with Crippen LogP contribution in [0.15, 0.2) is 0 Å². The van der Waals surface area contributed by atoms with E-state index in [2.05, 4.69) is 20.8 Å². The first-order valence-corrected chi connectivity index (χ1v) is 9.55. The first-order chi connectivity index (χ1) is 10.7. The lowest BCUT2D eigenvalue weighted by Crippen LogP contribution is -2.59. The second kappa shape index (κ2) is 4.60. The molecule has 2 N–H and O–H groups in total. The number of aliphatic hydroxyl groups is 2. The minimum Gasteiger partial charge on any atom is -0.393 e. The molecule has 0 amide bonds. The maximum atomic E-state index is 13.3. The fourth-order valence-electron chi connectivity index (χ4n) is 7.71. The number of ketones is 1. The summed E-state index contributed by atoms with van der Waals surface area (Å²) in [6.07, 6.45) is 7.75. The largest absolute Gasteiger partial charge is 0.393 e. The molecule has 4 rings (SSSR count). The maximum Gasteiger partial charge on any atom is 0.139 e. The van der Waals surface area contributed by atoms with E-state index < -0.39 is 5.60 Å². The summed E-state index contributed by atoms with van der Waals surface area (Å²) in [6, 6.07) is 0. The van der Waals surface area contributed by atoms with Gasteiger partial charge in [0.2, 0.25) is 0 Å². The van der Waals surface area contributed by atoms with Crippen molar-refractivity contribution in [1.29, 1.82) is 0 Å². The Labute approximate surface area is 139 Å². The molecule has 23 heavy (non-hydrogen) atoms. The molecule has 130 valence electrons. The monoisotopic (exact) mass is 320 g/mol. The predicted molar refractivity (Wildman–Crippen MR) is 88.8 cm³/mol. The van der Waals surface area contributed by atoms with Crippen LogP contribution in [-0.4, -0.2) is 28.2 Å². The van der Waals surface area contributed by atoms with Crippen LogP contribution < -0.4 is 0 Å². The number of aliphatic hydroxyl groups excluding tert-OH is 1. The van der Waals surface area contributed by atoms with Crippen molar-refractivity contribution >= 4 is 5.78 Å². The van der Waals surface area contributed by atoms with Crippen molar-refractivity contribution in [2.75, 3.05) is 6.61 Å². The zero-order valence-electron chi connectivity index (χ0n) is 14.9. The number of Topliss-reactive ketones (excluding diaryl/α,β-unsaturated/α-hetero) is 1. The van der Waals surface area contributed by atoms with Crippen LogP contribution in [0.5, 0.6) is 0 Å². The average Bonchev–Trinajstić information content (AvgIpc) is 2.71. The van der Waals surface area contributed by atoms with Gasteiger partial charge in [-0.15, -0.1) is 0 Å². The number of carbonyl (C=O) groups is 1. The first kappa shape index (κ1) is 16.1. The summed E-state index contributed by atoms with van der Waals surface area (Å²) in [5.74, 6) is 1.39. The fourth-order valence-corrected chi connectivity index (χ4v) is 7.71. The summed E-state index contributed by atoms with van der Waals surface area (Å²) in [5, 5.41) is 20.7. The highest BCUT2D eigenvalue weighted by molar-refractivity contribution is 5.87. The molecule has 4 fully saturated rings. The number of hydrogen-bond donors (Lipinski definition) is 2. The van der Waals surface area contributed by atoms with Crippen LogP contribution in [0.2, 0.25) is 0 Å². The van der Waals surface area contributed by atoms with E-state index in [-0.39, 0.29) is 28.8 Å². The van der Waals surface area contributed by atoms with Gasteiger partial charge in [-0.25, -0.2) is 0 Å². The van der Waals surface area contributed by atoms with Gasteiger partial charge in [-0.1, -0.05) is 27.2 Å². The molecule has 2 bridgehead atoms. The van der Waals surface area contributed by atoms with Gasteiger partial charge in [0.25, 0.3) is 0 Å². The molecule has 3 nitrogen and oxygen atoms in total. The third-order valence-electron chi connectivity index (χ3n) is 8.75. The topological polar surface area (TPSA) is 57.5 Å². The second-order valence-electron chi connectivity index (χ2n) is 10.2. The lowest BCUT2D eigenvalue weighted by Gasteiger charge is -2.62. The molecule has 0 aromatic rings. The van der Waals surface area contributed by atoms with Crippen molar-refractivity contribution in [1.82, 2.24) is 0 Å². The van der Waals surface area contributed by atoms with E-state index in [0.29, 0.717) is 30.5 Å². The molecule has 0 unspecified atom stereocenters. The molecule has 4 aliphatic carbocycles. The summed E-state index contributed by atoms with van der Waals surface area (Å²) in [4.78, 5) is 13.3. The Balaban J connectivity index is 1.78. The van der Waals surface area contributed by atoms with Crippen LogP contribution in [0, 0.1) is 34.0 Å². The number of carbonyl (C=O) groups excluding carboxylic acids is 1. The van der Waals surface area contributed by atoms with Crippen LogP contribution in [-0.2, 0) is 4.79 Å². The predicted octanol–water partition coefficient (Wildman–Crippen LogP) is 3.32. The Morgan fingerprint density at radius 3 is 2.57 bits per heavy atom. The average molecular weight is 320 g/mol. The molecular weight excluding hydrogens is 288 g/mol. The van der Waals surface area contributed by atoms with Gasteiger partial charge < -0.3 is 10.2 Å². The van der Waals surface area contributed by atoms with Gasteiger partial charge in [-0.2, -0.15) is 0 Å². The maximum absolute atomic E-state index is 13.3. The third-order valence-corrected chi connectivity index (χ3v) is 8.75. The van der Waals surface area contributed by atoms with Gasteiger partial charge in [-0.05, 0) is 67.1 Å². The molecule has 0 radical (unpaired) electrons. The van der Waals surface area contributed by atoms with Crippen LogP contribution in [0.1, 0.15) is 72.1 Å². The molecule has 4 saturated carbocycles. The highest BCUT2D eigenvalue weighted by Crippen LogP contribution is 2.71. The van der Waals surface area contributed by atoms with Crippen molar-refractivity contribution in [3.63, 3.8) is 0 Å². The van der Waals surface area contributed by atoms with Gasteiger partial charge in [0.15, 0.2) is 0 Å². The molecule has 4 aliphatic rings. The summed E-state index contributed by atoms with van der Waals surface area (Å²) < 4.78 is 0. The minimum atomic E-state index is -1.02. The van der Waals surface area contributed by atoms with Crippen LogP contribution in [0.25, 0.3) is 0 Å². The van der Waals surface area contributed by atoms with E-state index in [1.807, 2.05) is 0 Å². The zero-order valence-corrected chi connectivity index (χ0v) is 14.9. The van der Waals surface area contributed by atoms with Crippen molar-refractivity contribution in [2.45, 2.75) is 77.7 Å². The Hall–Kier alpha value is -0.410. The molecule has 0 heterocycles. The van der Waals surface area contributed by atoms with Crippen molar-refractivity contribution in [3.8, 4) is 0 Å². The molecular formula is C20H32O3. The molecule has 1 spiro atoms. The van der Waals surface area contributed by atoms with Gasteiger partial charge in [0.05, 0.1) is 12.2 Å². The molecule has 6 atom stereocenters. The third kappa shape index (κ3) is 1.87. The van der Waals surface area contributed by atoms with Crippen LogP contribution >= 0.6 is 0 Å². The minimum absolute atomic E-state index is 0.115. The van der Waals surface area contributed by atoms with Crippen molar-refractivity contribution in [2.24, 2.45) is 34.0 Å². The number of fused-ring (bicyclic) bond motifs is 3. The van der Waals surface area contributed by atoms with Gasteiger partial charge >= 0.3 is 0 Å². The highest BCUT2D eigenvalue weighted by atomic mass is 16.3. The molecule has 3 heteroatoms. The lowest BCUT2D eigenvalue weighted by molar-refractivity contribution is -0.170. The number of rotatable bonds is 1. The summed E-state index contributed by atoms with van der Waals surface area (Å²) in [6.45, 7) is 6.95. The fraction of sp³-hybridized carbons (Fsp3) is 0.950. The van der Waals surface area contributed by atoms with E-state index in [0.717, 1.165) is 19.3 Å². The van der Waals surface area contributed by atoms with E-state index in [1.54, 1.807) is 0 Å². The molecule has 0 aromatic carbocycles. The molecule has 0 aliphatic heterocycles. The first-order valence-electron chi connectivity index (χ1n) is 9.55. The summed E-state index contributed by atoms with van der Waals surface area (Å²) in [5.41, 5.74) is -0.898. The smallest absolute Gasteiger partial charge is 0.139 e. The lowest BCUT2D eigenvalue weighted by atomic mass is 9.41. The Kier molecular flexibility index (Phi) is 3.22. The standard InChI is InChI=1S/C20H32O3/c1-17(2)7-4-8-18(3)14-6-5-13-10-19(14,11-20(13,23)12-21)16(22)9-15(17)18/h13-15,21,23H,4-12H2,1-3H3/t13-,14+,15+,18+,19-,20+/m0/s1. The number of hydrogen-bond acceptors (Lipinski definition) is 3. The summed E-state index contributed by atoms with van der Waals surface area (Å²) in [7, 11) is 0. The molecule has 0 saturated heterocycles. The van der Waals surface area contributed by atoms with Gasteiger partial charge in [0.1, 0.15) is 5.78 Å². The highest BCUT2D eigenvalue weighted by Gasteiger charge is 2.70. The van der Waals surface area contributed by atoms with E-state index in [1.165, 1.54) is 19.3 Å². The SMILES string of the molecule is CC1(C)CCC[C@@]2(C)[C@@H]1CC(=O)[C@]13C[C@H](CC[C@@H]12)[C@](O)(CO)C3. The summed E-state index contributed by atoms with van der Waals surface area (Å²) >= 11 is 0. The van der Waals surface area contributed by atoms with Gasteiger partial charge in [0, 0.05) is 11.8 Å². The normalized spacial score (nSPS) is 54.5. The van der Waals surface area contributed by atoms with E-state index in [4.69, 9.17) is 0 Å². The van der Waals surface area contributed by atoms with Crippen LogP contribution in [0.3, 0.4) is 0 Å². The van der Waals surface area contributed by atoms with Gasteiger partial charge in [-0.3, -0.25) is 4.79 Å².